The molecule has 0 aliphatic heterocycles. The number of nitrogen functional groups attached to an aromatic ring is 1. The molecule has 0 unspecified atom stereocenters. The van der Waals surface area contributed by atoms with Crippen LogP contribution in [0, 0.1) is 17.1 Å². The first-order chi connectivity index (χ1) is 9.51. The van der Waals surface area contributed by atoms with Gasteiger partial charge in [-0.2, -0.15) is 5.26 Å². The first-order valence-electron chi connectivity index (χ1n) is 5.57. The lowest BCUT2D eigenvalue weighted by molar-refractivity contribution is 0.308. The molecule has 0 saturated heterocycles. The number of benzene rings is 2. The van der Waals surface area contributed by atoms with Crippen LogP contribution in [0.2, 0.25) is 10.0 Å². The fraction of sp³-hybridized carbons (Fsp3) is 0.0714. The van der Waals surface area contributed by atoms with Gasteiger partial charge in [0.2, 0.25) is 0 Å². The SMILES string of the molecule is N#Cc1cc(COc2cc(Cl)c(Cl)cc2N)ccc1F. The van der Waals surface area contributed by atoms with Crippen molar-refractivity contribution in [2.24, 2.45) is 0 Å². The van der Waals surface area contributed by atoms with Gasteiger partial charge < -0.3 is 10.5 Å². The second kappa shape index (κ2) is 6.00. The molecule has 20 heavy (non-hydrogen) atoms. The van der Waals surface area contributed by atoms with Crippen LogP contribution in [-0.4, -0.2) is 0 Å². The highest BCUT2D eigenvalue weighted by atomic mass is 35.5. The Kier molecular flexibility index (Phi) is 4.33. The van der Waals surface area contributed by atoms with Gasteiger partial charge in [-0.15, -0.1) is 0 Å². The molecule has 2 rings (SSSR count). The summed E-state index contributed by atoms with van der Waals surface area (Å²) in [6.45, 7) is 0.136. The van der Waals surface area contributed by atoms with Gasteiger partial charge in [-0.25, -0.2) is 4.39 Å². The van der Waals surface area contributed by atoms with Gasteiger partial charge in [0.15, 0.2) is 0 Å². The Hall–Kier alpha value is -1.96. The van der Waals surface area contributed by atoms with E-state index >= 15 is 0 Å². The minimum atomic E-state index is -0.565. The number of hydrogen-bond acceptors (Lipinski definition) is 3. The average molecular weight is 311 g/mol. The minimum Gasteiger partial charge on any atom is -0.487 e. The van der Waals surface area contributed by atoms with E-state index in [1.165, 1.54) is 30.3 Å². The third-order valence-electron chi connectivity index (χ3n) is 2.60. The lowest BCUT2D eigenvalue weighted by Crippen LogP contribution is -2.00. The Balaban J connectivity index is 2.17. The van der Waals surface area contributed by atoms with E-state index in [2.05, 4.69) is 0 Å². The van der Waals surface area contributed by atoms with Crippen LogP contribution in [0.4, 0.5) is 10.1 Å². The summed E-state index contributed by atoms with van der Waals surface area (Å²) >= 11 is 11.7. The largest absolute Gasteiger partial charge is 0.487 e. The number of nitrogens with two attached hydrogens (primary N) is 1. The number of hydrogen-bond donors (Lipinski definition) is 1. The molecule has 0 radical (unpaired) electrons. The lowest BCUT2D eigenvalue weighted by atomic mass is 10.1. The van der Waals surface area contributed by atoms with E-state index in [0.29, 0.717) is 27.0 Å². The van der Waals surface area contributed by atoms with Crippen molar-refractivity contribution in [3.8, 4) is 11.8 Å². The quantitative estimate of drug-likeness (QED) is 0.866. The highest BCUT2D eigenvalue weighted by Crippen LogP contribution is 2.32. The summed E-state index contributed by atoms with van der Waals surface area (Å²) in [7, 11) is 0. The van der Waals surface area contributed by atoms with E-state index in [9.17, 15) is 4.39 Å². The van der Waals surface area contributed by atoms with Crippen LogP contribution in [0.15, 0.2) is 30.3 Å². The number of ether oxygens (including phenoxy) is 1. The normalized spacial score (nSPS) is 10.1. The molecule has 102 valence electrons. The van der Waals surface area contributed by atoms with Crippen LogP contribution in [0.1, 0.15) is 11.1 Å². The maximum atomic E-state index is 13.2. The van der Waals surface area contributed by atoms with E-state index in [0.717, 1.165) is 0 Å². The molecule has 0 atom stereocenters. The first-order valence-corrected chi connectivity index (χ1v) is 6.32. The molecule has 0 heterocycles. The number of nitrogens with zero attached hydrogens (tertiary/aromatic N) is 1. The molecule has 2 aromatic carbocycles. The summed E-state index contributed by atoms with van der Waals surface area (Å²) in [5.74, 6) is -0.187. The van der Waals surface area contributed by atoms with Gasteiger partial charge in [0, 0.05) is 6.07 Å². The van der Waals surface area contributed by atoms with Crippen molar-refractivity contribution in [2.45, 2.75) is 6.61 Å². The minimum absolute atomic E-state index is 0.0341. The zero-order valence-electron chi connectivity index (χ0n) is 10.2. The van der Waals surface area contributed by atoms with Crippen LogP contribution >= 0.6 is 23.2 Å². The van der Waals surface area contributed by atoms with Gasteiger partial charge in [0.1, 0.15) is 24.2 Å². The summed E-state index contributed by atoms with van der Waals surface area (Å²) in [5, 5.41) is 9.42. The summed E-state index contributed by atoms with van der Waals surface area (Å²) in [6, 6.07) is 8.94. The zero-order chi connectivity index (χ0) is 14.7. The van der Waals surface area contributed by atoms with Crippen molar-refractivity contribution in [3.63, 3.8) is 0 Å². The molecule has 0 bridgehead atoms. The second-order valence-corrected chi connectivity index (χ2v) is 4.83. The molecule has 0 saturated carbocycles. The van der Waals surface area contributed by atoms with Gasteiger partial charge in [0.25, 0.3) is 0 Å². The van der Waals surface area contributed by atoms with Crippen molar-refractivity contribution < 1.29 is 9.13 Å². The molecular weight excluding hydrogens is 302 g/mol. The maximum absolute atomic E-state index is 13.2. The van der Waals surface area contributed by atoms with E-state index in [1.807, 2.05) is 0 Å². The Bertz CT molecular complexity index is 698. The highest BCUT2D eigenvalue weighted by molar-refractivity contribution is 6.42. The van der Waals surface area contributed by atoms with Crippen LogP contribution in [0.5, 0.6) is 5.75 Å². The summed E-state index contributed by atoms with van der Waals surface area (Å²) in [5.41, 5.74) is 6.72. The summed E-state index contributed by atoms with van der Waals surface area (Å²) in [6.07, 6.45) is 0. The molecule has 0 fully saturated rings. The first kappa shape index (κ1) is 14.4. The van der Waals surface area contributed by atoms with Crippen LogP contribution < -0.4 is 10.5 Å². The molecule has 0 amide bonds. The standard InChI is InChI=1S/C14H9Cl2FN2O/c15-10-4-13(19)14(5-11(10)16)20-7-8-1-2-12(17)9(3-8)6-18/h1-5H,7,19H2. The topological polar surface area (TPSA) is 59.0 Å². The lowest BCUT2D eigenvalue weighted by Gasteiger charge is -2.10. The Labute approximate surface area is 125 Å². The molecular formula is C14H9Cl2FN2O. The van der Waals surface area contributed by atoms with Gasteiger partial charge in [-0.3, -0.25) is 0 Å². The third-order valence-corrected chi connectivity index (χ3v) is 3.32. The molecule has 2 N–H and O–H groups in total. The van der Waals surface area contributed by atoms with Gasteiger partial charge >= 0.3 is 0 Å². The fourth-order valence-corrected chi connectivity index (χ4v) is 1.90. The summed E-state index contributed by atoms with van der Waals surface area (Å²) in [4.78, 5) is 0. The number of rotatable bonds is 3. The van der Waals surface area contributed by atoms with Crippen LogP contribution in [-0.2, 0) is 6.61 Å². The van der Waals surface area contributed by atoms with Crippen molar-refractivity contribution in [1.29, 1.82) is 5.26 Å². The molecule has 0 aromatic heterocycles. The molecule has 0 aliphatic carbocycles. The van der Waals surface area contributed by atoms with E-state index in [-0.39, 0.29) is 12.2 Å². The maximum Gasteiger partial charge on any atom is 0.144 e. The number of nitriles is 1. The molecule has 0 spiro atoms. The molecule has 0 aliphatic rings. The highest BCUT2D eigenvalue weighted by Gasteiger charge is 2.08. The third kappa shape index (κ3) is 3.13. The number of halogens is 3. The second-order valence-electron chi connectivity index (χ2n) is 4.02. The Morgan fingerprint density at radius 1 is 1.20 bits per heavy atom. The predicted octanol–water partition coefficient (Wildman–Crippen LogP) is 4.17. The van der Waals surface area contributed by atoms with E-state index < -0.39 is 5.82 Å². The van der Waals surface area contributed by atoms with E-state index in [4.69, 9.17) is 38.9 Å². The van der Waals surface area contributed by atoms with Crippen molar-refractivity contribution in [3.05, 3.63) is 57.3 Å². The van der Waals surface area contributed by atoms with E-state index in [1.54, 1.807) is 6.07 Å². The average Bonchev–Trinajstić information content (AvgIpc) is 2.43. The molecule has 2 aromatic rings. The van der Waals surface area contributed by atoms with Crippen LogP contribution in [0.3, 0.4) is 0 Å². The van der Waals surface area contributed by atoms with Crippen LogP contribution in [0.25, 0.3) is 0 Å². The number of anilines is 1. The smallest absolute Gasteiger partial charge is 0.144 e. The molecule has 3 nitrogen and oxygen atoms in total. The fourth-order valence-electron chi connectivity index (χ4n) is 1.58. The Morgan fingerprint density at radius 3 is 2.60 bits per heavy atom. The molecule has 6 heteroatoms. The van der Waals surface area contributed by atoms with Gasteiger partial charge in [-0.05, 0) is 23.8 Å². The van der Waals surface area contributed by atoms with Gasteiger partial charge in [-0.1, -0.05) is 29.3 Å². The van der Waals surface area contributed by atoms with Gasteiger partial charge in [0.05, 0.1) is 21.3 Å². The summed E-state index contributed by atoms with van der Waals surface area (Å²) < 4.78 is 18.7. The predicted molar refractivity (Wildman–Crippen MR) is 76.3 cm³/mol. The zero-order valence-corrected chi connectivity index (χ0v) is 11.7. The van der Waals surface area contributed by atoms with Crippen molar-refractivity contribution in [1.82, 2.24) is 0 Å². The monoisotopic (exact) mass is 310 g/mol. The van der Waals surface area contributed by atoms with Crippen molar-refractivity contribution >= 4 is 28.9 Å². The Morgan fingerprint density at radius 2 is 1.90 bits per heavy atom. The van der Waals surface area contributed by atoms with Crippen molar-refractivity contribution in [2.75, 3.05) is 5.73 Å².